The smallest absolute Gasteiger partial charge is 0.320 e. The number of hydrogen-bond donors (Lipinski definition) is 1. The number of ether oxygens (including phenoxy) is 1. The van der Waals surface area contributed by atoms with Gasteiger partial charge < -0.3 is 9.84 Å². The van der Waals surface area contributed by atoms with E-state index in [1.54, 1.807) is 0 Å². The molecule has 20 heavy (non-hydrogen) atoms. The molecule has 1 aromatic carbocycles. The molecule has 2 heterocycles. The molecule has 0 aliphatic carbocycles. The molecule has 1 fully saturated rings. The van der Waals surface area contributed by atoms with E-state index in [0.29, 0.717) is 0 Å². The van der Waals surface area contributed by atoms with Crippen molar-refractivity contribution in [1.29, 1.82) is 0 Å². The number of rotatable bonds is 2. The van der Waals surface area contributed by atoms with Crippen LogP contribution in [0, 0.1) is 0 Å². The van der Waals surface area contributed by atoms with Gasteiger partial charge in [0.2, 0.25) is 0 Å². The minimum atomic E-state index is -0.704. The van der Waals surface area contributed by atoms with E-state index in [1.165, 1.54) is 0 Å². The monoisotopic (exact) mass is 275 g/mol. The number of nitrogens with zero attached hydrogens (tertiary/aromatic N) is 1. The lowest BCUT2D eigenvalue weighted by molar-refractivity contribution is -0.143. The van der Waals surface area contributed by atoms with E-state index in [-0.39, 0.29) is 17.7 Å². The van der Waals surface area contributed by atoms with Gasteiger partial charge in [-0.1, -0.05) is 18.2 Å². The molecule has 2 aliphatic rings. The Labute approximate surface area is 119 Å². The van der Waals surface area contributed by atoms with Crippen molar-refractivity contribution in [1.82, 2.24) is 4.90 Å². The maximum absolute atomic E-state index is 11.5. The number of carboxylic acids is 1. The largest absolute Gasteiger partial charge is 0.487 e. The predicted molar refractivity (Wildman–Crippen MR) is 75.9 cm³/mol. The van der Waals surface area contributed by atoms with Crippen LogP contribution in [0.15, 0.2) is 24.3 Å². The van der Waals surface area contributed by atoms with Gasteiger partial charge in [0.15, 0.2) is 0 Å². The fourth-order valence-corrected chi connectivity index (χ4v) is 3.49. The second-order valence-corrected chi connectivity index (χ2v) is 6.35. The summed E-state index contributed by atoms with van der Waals surface area (Å²) in [4.78, 5) is 13.6. The summed E-state index contributed by atoms with van der Waals surface area (Å²) in [6.45, 7) is 5.00. The predicted octanol–water partition coefficient (Wildman–Crippen LogP) is 2.84. The van der Waals surface area contributed by atoms with Crippen molar-refractivity contribution in [2.75, 3.05) is 6.54 Å². The van der Waals surface area contributed by atoms with E-state index in [0.717, 1.165) is 37.1 Å². The first-order valence-electron chi connectivity index (χ1n) is 7.24. The number of hydrogen-bond acceptors (Lipinski definition) is 3. The Balaban J connectivity index is 1.98. The third-order valence-electron chi connectivity index (χ3n) is 4.33. The number of carbonyl (C=O) groups is 1. The molecular formula is C16H21NO3. The molecule has 4 heteroatoms. The van der Waals surface area contributed by atoms with Gasteiger partial charge in [-0.2, -0.15) is 0 Å². The molecule has 0 radical (unpaired) electrons. The summed E-state index contributed by atoms with van der Waals surface area (Å²) < 4.78 is 6.03. The van der Waals surface area contributed by atoms with Crippen LogP contribution in [0.5, 0.6) is 5.75 Å². The van der Waals surface area contributed by atoms with Crippen LogP contribution in [-0.4, -0.2) is 34.2 Å². The lowest BCUT2D eigenvalue weighted by Gasteiger charge is -2.42. The van der Waals surface area contributed by atoms with Crippen LogP contribution < -0.4 is 4.74 Å². The first-order chi connectivity index (χ1) is 9.48. The second-order valence-electron chi connectivity index (χ2n) is 6.35. The Hall–Kier alpha value is -1.55. The van der Waals surface area contributed by atoms with Gasteiger partial charge in [0, 0.05) is 18.0 Å². The summed E-state index contributed by atoms with van der Waals surface area (Å²) in [6.07, 6.45) is 2.53. The first kappa shape index (κ1) is 13.4. The lowest BCUT2D eigenvalue weighted by atomic mass is 9.88. The van der Waals surface area contributed by atoms with Gasteiger partial charge in [-0.3, -0.25) is 9.69 Å². The molecule has 108 valence electrons. The van der Waals surface area contributed by atoms with Crippen LogP contribution >= 0.6 is 0 Å². The third kappa shape index (κ3) is 2.29. The SMILES string of the molecule is CC1(C)CC(N2CCCC2C(=O)O)c2ccccc2O1. The van der Waals surface area contributed by atoms with Gasteiger partial charge in [-0.05, 0) is 39.3 Å². The number of carboxylic acid groups (broad SMARTS) is 1. The van der Waals surface area contributed by atoms with Gasteiger partial charge in [-0.15, -0.1) is 0 Å². The Bertz CT molecular complexity index is 526. The number of para-hydroxylation sites is 1. The fourth-order valence-electron chi connectivity index (χ4n) is 3.49. The van der Waals surface area contributed by atoms with Crippen molar-refractivity contribution in [3.63, 3.8) is 0 Å². The highest BCUT2D eigenvalue weighted by molar-refractivity contribution is 5.74. The van der Waals surface area contributed by atoms with E-state index in [9.17, 15) is 9.90 Å². The summed E-state index contributed by atoms with van der Waals surface area (Å²) >= 11 is 0. The molecule has 0 amide bonds. The molecule has 1 aromatic rings. The molecule has 0 spiro atoms. The minimum absolute atomic E-state index is 0.138. The van der Waals surface area contributed by atoms with Crippen molar-refractivity contribution < 1.29 is 14.6 Å². The van der Waals surface area contributed by atoms with Gasteiger partial charge in [-0.25, -0.2) is 0 Å². The Morgan fingerprint density at radius 2 is 2.15 bits per heavy atom. The van der Waals surface area contributed by atoms with E-state index < -0.39 is 5.97 Å². The quantitative estimate of drug-likeness (QED) is 0.901. The average Bonchev–Trinajstić information content (AvgIpc) is 2.85. The zero-order valence-electron chi connectivity index (χ0n) is 12.0. The van der Waals surface area contributed by atoms with E-state index >= 15 is 0 Å². The van der Waals surface area contributed by atoms with Crippen molar-refractivity contribution in [2.24, 2.45) is 0 Å². The number of fused-ring (bicyclic) bond motifs is 1. The lowest BCUT2D eigenvalue weighted by Crippen LogP contribution is -2.45. The zero-order chi connectivity index (χ0) is 14.3. The molecule has 3 rings (SSSR count). The van der Waals surface area contributed by atoms with Crippen LogP contribution in [0.25, 0.3) is 0 Å². The maximum Gasteiger partial charge on any atom is 0.320 e. The summed E-state index contributed by atoms with van der Waals surface area (Å²) in [5.74, 6) is 0.189. The third-order valence-corrected chi connectivity index (χ3v) is 4.33. The Kier molecular flexibility index (Phi) is 3.21. The minimum Gasteiger partial charge on any atom is -0.487 e. The van der Waals surface area contributed by atoms with Crippen LogP contribution in [0.4, 0.5) is 0 Å². The molecule has 1 N–H and O–H groups in total. The number of benzene rings is 1. The molecule has 0 aromatic heterocycles. The molecular weight excluding hydrogens is 254 g/mol. The Morgan fingerprint density at radius 3 is 2.90 bits per heavy atom. The molecule has 2 unspecified atom stereocenters. The van der Waals surface area contributed by atoms with Crippen LogP contribution in [0.2, 0.25) is 0 Å². The van der Waals surface area contributed by atoms with Crippen molar-refractivity contribution >= 4 is 5.97 Å². The molecule has 0 bridgehead atoms. The van der Waals surface area contributed by atoms with Crippen LogP contribution in [-0.2, 0) is 4.79 Å². The highest BCUT2D eigenvalue weighted by Gasteiger charge is 2.42. The molecule has 0 saturated carbocycles. The zero-order valence-corrected chi connectivity index (χ0v) is 12.0. The number of likely N-dealkylation sites (tertiary alicyclic amines) is 1. The average molecular weight is 275 g/mol. The van der Waals surface area contributed by atoms with Crippen LogP contribution in [0.1, 0.15) is 44.7 Å². The van der Waals surface area contributed by atoms with Crippen molar-refractivity contribution in [3.8, 4) is 5.75 Å². The highest BCUT2D eigenvalue weighted by Crippen LogP contribution is 2.44. The molecule has 2 aliphatic heterocycles. The van der Waals surface area contributed by atoms with Crippen LogP contribution in [0.3, 0.4) is 0 Å². The Morgan fingerprint density at radius 1 is 1.40 bits per heavy atom. The maximum atomic E-state index is 11.5. The number of aliphatic carboxylic acids is 1. The summed E-state index contributed by atoms with van der Waals surface area (Å²) in [5, 5.41) is 9.42. The van der Waals surface area contributed by atoms with E-state index in [4.69, 9.17) is 4.74 Å². The normalized spacial score (nSPS) is 28.7. The summed E-state index contributed by atoms with van der Waals surface area (Å²) in [7, 11) is 0. The van der Waals surface area contributed by atoms with Gasteiger partial charge in [0.1, 0.15) is 17.4 Å². The second kappa shape index (κ2) is 4.77. The summed E-state index contributed by atoms with van der Waals surface area (Å²) in [6, 6.07) is 7.79. The highest BCUT2D eigenvalue weighted by atomic mass is 16.5. The molecule has 4 nitrogen and oxygen atoms in total. The fraction of sp³-hybridized carbons (Fsp3) is 0.562. The van der Waals surface area contributed by atoms with Crippen molar-refractivity contribution in [3.05, 3.63) is 29.8 Å². The first-order valence-corrected chi connectivity index (χ1v) is 7.24. The van der Waals surface area contributed by atoms with Gasteiger partial charge in [0.25, 0.3) is 0 Å². The molecule has 2 atom stereocenters. The van der Waals surface area contributed by atoms with E-state index in [2.05, 4.69) is 24.8 Å². The van der Waals surface area contributed by atoms with Gasteiger partial charge in [0.05, 0.1) is 0 Å². The standard InChI is InChI=1S/C16H21NO3/c1-16(2)10-13(11-6-3-4-8-14(11)20-16)17-9-5-7-12(17)15(18)19/h3-4,6,8,12-13H,5,7,9-10H2,1-2H3,(H,18,19). The topological polar surface area (TPSA) is 49.8 Å². The van der Waals surface area contributed by atoms with Crippen molar-refractivity contribution in [2.45, 2.75) is 50.8 Å². The van der Waals surface area contributed by atoms with Gasteiger partial charge >= 0.3 is 5.97 Å². The molecule has 1 saturated heterocycles. The summed E-state index contributed by atoms with van der Waals surface area (Å²) in [5.41, 5.74) is 0.866. The van der Waals surface area contributed by atoms with E-state index in [1.807, 2.05) is 18.2 Å².